The quantitative estimate of drug-likeness (QED) is 0.355. The van der Waals surface area contributed by atoms with Gasteiger partial charge in [0.05, 0.1) is 0 Å². The van der Waals surface area contributed by atoms with Gasteiger partial charge in [-0.3, -0.25) is 4.79 Å². The molecule has 0 fully saturated rings. The van der Waals surface area contributed by atoms with Crippen molar-refractivity contribution >= 4 is 51.2 Å². The van der Waals surface area contributed by atoms with Crippen molar-refractivity contribution in [3.8, 4) is 0 Å². The molecule has 7 heavy (non-hydrogen) atoms. The van der Waals surface area contributed by atoms with Crippen LogP contribution in [-0.2, 0) is 4.79 Å². The van der Waals surface area contributed by atoms with Gasteiger partial charge in [0.25, 0.3) is 0 Å². The molecular formula is C2H3I2NaO2. The summed E-state index contributed by atoms with van der Waals surface area (Å²) in [6.45, 7) is 0. The van der Waals surface area contributed by atoms with Crippen LogP contribution in [-0.4, -0.2) is 13.0 Å². The maximum absolute atomic E-state index is 9.68. The van der Waals surface area contributed by atoms with Gasteiger partial charge in [0.2, 0.25) is 0 Å². The number of hydrogen-bond acceptors (Lipinski definition) is 1. The number of rotatable bonds is 1. The molecular weight excluding hydrogens is 333 g/mol. The van der Waals surface area contributed by atoms with Crippen molar-refractivity contribution in [3.63, 3.8) is 0 Å². The summed E-state index contributed by atoms with van der Waals surface area (Å²) in [4.78, 5) is 9.68. The SMILES string of the molecule is O=C(O)C(I)I.[H-].[Na+]. The summed E-state index contributed by atoms with van der Waals surface area (Å²) in [5, 5.41) is 7.98. The zero-order chi connectivity index (χ0) is 5.15. The average molecular weight is 336 g/mol. The summed E-state index contributed by atoms with van der Waals surface area (Å²) in [5.41, 5.74) is 0. The Bertz CT molecular complexity index is 69.1. The van der Waals surface area contributed by atoms with Crippen molar-refractivity contribution in [2.75, 3.05) is 0 Å². The van der Waals surface area contributed by atoms with E-state index < -0.39 is 5.97 Å². The van der Waals surface area contributed by atoms with Crippen molar-refractivity contribution in [1.29, 1.82) is 0 Å². The molecule has 0 amide bonds. The van der Waals surface area contributed by atoms with Crippen molar-refractivity contribution in [3.05, 3.63) is 0 Å². The number of halogens is 2. The normalized spacial score (nSPS) is 7.86. The molecule has 0 bridgehead atoms. The predicted octanol–water partition coefficient (Wildman–Crippen LogP) is -1.62. The van der Waals surface area contributed by atoms with Crippen molar-refractivity contribution in [1.82, 2.24) is 0 Å². The van der Waals surface area contributed by atoms with Crippen LogP contribution in [0.15, 0.2) is 0 Å². The summed E-state index contributed by atoms with van der Waals surface area (Å²) >= 11 is 3.64. The number of carbonyl (C=O) groups is 1. The minimum atomic E-state index is -0.767. The van der Waals surface area contributed by atoms with Gasteiger partial charge < -0.3 is 6.53 Å². The molecule has 0 spiro atoms. The second kappa shape index (κ2) is 6.06. The number of aliphatic carboxylic acids is 1. The van der Waals surface area contributed by atoms with E-state index in [2.05, 4.69) is 0 Å². The minimum absolute atomic E-state index is 0. The molecule has 0 radical (unpaired) electrons. The molecule has 0 atom stereocenters. The van der Waals surface area contributed by atoms with Crippen molar-refractivity contribution in [2.45, 2.75) is 1.93 Å². The summed E-state index contributed by atoms with van der Waals surface area (Å²) in [6.07, 6.45) is 0. The topological polar surface area (TPSA) is 37.3 Å². The third-order valence-electron chi connectivity index (χ3n) is 0.187. The molecule has 2 nitrogen and oxygen atoms in total. The van der Waals surface area contributed by atoms with E-state index in [4.69, 9.17) is 5.11 Å². The molecule has 0 aliphatic rings. The van der Waals surface area contributed by atoms with Gasteiger partial charge in [-0.2, -0.15) is 0 Å². The first kappa shape index (κ1) is 11.7. The third-order valence-corrected chi connectivity index (χ3v) is 1.25. The molecule has 0 saturated carbocycles. The summed E-state index contributed by atoms with van der Waals surface area (Å²) in [5.74, 6) is -0.767. The molecule has 38 valence electrons. The fourth-order valence-electron chi connectivity index (χ4n) is 0. The Hall–Kier alpha value is 1.93. The number of hydrogen-bond donors (Lipinski definition) is 1. The number of carboxylic acid groups (broad SMARTS) is 1. The molecule has 0 aromatic carbocycles. The molecule has 0 rings (SSSR count). The average Bonchev–Trinajstić information content (AvgIpc) is 1.36. The van der Waals surface area contributed by atoms with Gasteiger partial charge >= 0.3 is 35.5 Å². The zero-order valence-electron chi connectivity index (χ0n) is 4.69. The van der Waals surface area contributed by atoms with E-state index in [1.807, 2.05) is 45.2 Å². The second-order valence-electron chi connectivity index (χ2n) is 0.639. The van der Waals surface area contributed by atoms with Gasteiger partial charge in [0.15, 0.2) is 1.93 Å². The molecule has 1 N–H and O–H groups in total. The van der Waals surface area contributed by atoms with Gasteiger partial charge in [-0.15, -0.1) is 0 Å². The Morgan fingerprint density at radius 3 is 1.86 bits per heavy atom. The van der Waals surface area contributed by atoms with Crippen molar-refractivity contribution < 1.29 is 40.9 Å². The second-order valence-corrected chi connectivity index (χ2v) is 5.51. The molecule has 0 saturated heterocycles. The smallest absolute Gasteiger partial charge is 1.00 e. The monoisotopic (exact) mass is 336 g/mol. The molecule has 0 aromatic rings. The molecule has 0 aromatic heterocycles. The maximum atomic E-state index is 9.68. The van der Waals surface area contributed by atoms with Gasteiger partial charge in [-0.25, -0.2) is 0 Å². The fourth-order valence-corrected chi connectivity index (χ4v) is 0. The van der Waals surface area contributed by atoms with Crippen LogP contribution in [0.1, 0.15) is 1.43 Å². The van der Waals surface area contributed by atoms with E-state index in [1.54, 1.807) is 0 Å². The fraction of sp³-hybridized carbons (Fsp3) is 0.500. The predicted molar refractivity (Wildman–Crippen MR) is 40.6 cm³/mol. The van der Waals surface area contributed by atoms with E-state index in [0.29, 0.717) is 0 Å². The van der Waals surface area contributed by atoms with Gasteiger partial charge in [-0.05, 0) is 0 Å². The maximum Gasteiger partial charge on any atom is 1.00 e. The Balaban J connectivity index is -0.000000125. The van der Waals surface area contributed by atoms with E-state index in [0.717, 1.165) is 0 Å². The van der Waals surface area contributed by atoms with Crippen LogP contribution in [0, 0.1) is 0 Å². The van der Waals surface area contributed by atoms with Crippen LogP contribution < -0.4 is 29.6 Å². The summed E-state index contributed by atoms with van der Waals surface area (Å²) < 4.78 is -0.291. The van der Waals surface area contributed by atoms with Crippen LogP contribution in [0.25, 0.3) is 0 Å². The summed E-state index contributed by atoms with van der Waals surface area (Å²) in [7, 11) is 0. The van der Waals surface area contributed by atoms with E-state index in [9.17, 15) is 4.79 Å². The van der Waals surface area contributed by atoms with Crippen LogP contribution in [0.3, 0.4) is 0 Å². The zero-order valence-corrected chi connectivity index (χ0v) is 10.0. The van der Waals surface area contributed by atoms with Crippen LogP contribution in [0.2, 0.25) is 0 Å². The van der Waals surface area contributed by atoms with E-state index in [1.165, 1.54) is 0 Å². The van der Waals surface area contributed by atoms with Gasteiger partial charge in [0.1, 0.15) is 0 Å². The number of carboxylic acids is 1. The van der Waals surface area contributed by atoms with Crippen molar-refractivity contribution in [2.24, 2.45) is 0 Å². The summed E-state index contributed by atoms with van der Waals surface area (Å²) in [6, 6.07) is 0. The Morgan fingerprint density at radius 1 is 1.71 bits per heavy atom. The van der Waals surface area contributed by atoms with Gasteiger partial charge in [-0.1, -0.05) is 45.2 Å². The first-order chi connectivity index (χ1) is 2.64. The third kappa shape index (κ3) is 7.93. The first-order valence-corrected chi connectivity index (χ1v) is 3.64. The molecule has 5 heteroatoms. The van der Waals surface area contributed by atoms with E-state index in [-0.39, 0.29) is 32.9 Å². The number of alkyl halides is 2. The minimum Gasteiger partial charge on any atom is -1.00 e. The Labute approximate surface area is 92.5 Å². The van der Waals surface area contributed by atoms with Crippen LogP contribution >= 0.6 is 45.2 Å². The van der Waals surface area contributed by atoms with E-state index >= 15 is 0 Å². The Kier molecular flexibility index (Phi) is 10.1. The van der Waals surface area contributed by atoms with Crippen LogP contribution in [0.5, 0.6) is 0 Å². The first-order valence-electron chi connectivity index (χ1n) is 1.15. The Morgan fingerprint density at radius 2 is 1.86 bits per heavy atom. The largest absolute Gasteiger partial charge is 1.00 e. The molecule has 0 aliphatic heterocycles. The molecule has 0 aliphatic carbocycles. The molecule has 0 heterocycles. The molecule has 0 unspecified atom stereocenters. The standard InChI is InChI=1S/C2H2I2O2.Na.H/c3-1(4)2(5)6;;/h1H,(H,5,6);;/q;+1;-1. The van der Waals surface area contributed by atoms with Gasteiger partial charge in [0, 0.05) is 0 Å². The van der Waals surface area contributed by atoms with Crippen LogP contribution in [0.4, 0.5) is 0 Å².